The van der Waals surface area contributed by atoms with Gasteiger partial charge in [0.2, 0.25) is 0 Å². The summed E-state index contributed by atoms with van der Waals surface area (Å²) in [6.07, 6.45) is 2.84. The fraction of sp³-hybridized carbons (Fsp3) is 1.00. The lowest BCUT2D eigenvalue weighted by atomic mass is 9.77. The third-order valence-corrected chi connectivity index (χ3v) is 4.15. The Morgan fingerprint density at radius 2 is 2.07 bits per heavy atom. The lowest BCUT2D eigenvalue weighted by Crippen LogP contribution is -2.60. The van der Waals surface area contributed by atoms with E-state index in [1.807, 2.05) is 0 Å². The molecule has 1 aliphatic carbocycles. The van der Waals surface area contributed by atoms with Crippen molar-refractivity contribution in [1.29, 1.82) is 0 Å². The summed E-state index contributed by atoms with van der Waals surface area (Å²) in [5, 5.41) is 3.33. The van der Waals surface area contributed by atoms with Crippen molar-refractivity contribution in [2.24, 2.45) is 5.92 Å². The summed E-state index contributed by atoms with van der Waals surface area (Å²) in [5.41, 5.74) is 0. The van der Waals surface area contributed by atoms with Gasteiger partial charge in [0.25, 0.3) is 0 Å². The Kier molecular flexibility index (Phi) is 3.65. The van der Waals surface area contributed by atoms with Crippen LogP contribution in [-0.4, -0.2) is 62.2 Å². The van der Waals surface area contributed by atoms with E-state index in [1.54, 1.807) is 0 Å². The van der Waals surface area contributed by atoms with Crippen LogP contribution in [0, 0.1) is 5.92 Å². The van der Waals surface area contributed by atoms with Crippen molar-refractivity contribution in [3.8, 4) is 0 Å². The van der Waals surface area contributed by atoms with E-state index in [4.69, 9.17) is 0 Å². The molecule has 3 nitrogen and oxygen atoms in total. The third kappa shape index (κ3) is 2.35. The molecule has 1 N–H and O–H groups in total. The van der Waals surface area contributed by atoms with Crippen molar-refractivity contribution in [3.05, 3.63) is 0 Å². The fourth-order valence-electron chi connectivity index (χ4n) is 3.13. The molecule has 3 unspecified atom stereocenters. The van der Waals surface area contributed by atoms with E-state index >= 15 is 0 Å². The van der Waals surface area contributed by atoms with E-state index in [0.717, 1.165) is 18.0 Å². The van der Waals surface area contributed by atoms with E-state index < -0.39 is 0 Å². The van der Waals surface area contributed by atoms with Gasteiger partial charge in [0, 0.05) is 31.7 Å². The fourth-order valence-corrected chi connectivity index (χ4v) is 3.13. The second-order valence-corrected chi connectivity index (χ2v) is 5.31. The zero-order valence-electron chi connectivity index (χ0n) is 10.4. The van der Waals surface area contributed by atoms with Gasteiger partial charge in [-0.15, -0.1) is 0 Å². The van der Waals surface area contributed by atoms with Gasteiger partial charge in [-0.2, -0.15) is 0 Å². The quantitative estimate of drug-likeness (QED) is 0.738. The topological polar surface area (TPSA) is 18.5 Å². The van der Waals surface area contributed by atoms with Gasteiger partial charge in [0.05, 0.1) is 0 Å². The lowest BCUT2D eigenvalue weighted by Gasteiger charge is -2.50. The van der Waals surface area contributed by atoms with Gasteiger partial charge in [-0.25, -0.2) is 0 Å². The summed E-state index contributed by atoms with van der Waals surface area (Å²) < 4.78 is 0. The summed E-state index contributed by atoms with van der Waals surface area (Å²) in [5.74, 6) is 0.904. The molecule has 2 fully saturated rings. The van der Waals surface area contributed by atoms with Crippen molar-refractivity contribution < 1.29 is 0 Å². The molecule has 2 rings (SSSR count). The Morgan fingerprint density at radius 3 is 2.60 bits per heavy atom. The van der Waals surface area contributed by atoms with E-state index in [-0.39, 0.29) is 0 Å². The molecule has 3 atom stereocenters. The molecule has 0 spiro atoms. The molecule has 3 heteroatoms. The average molecular weight is 211 g/mol. The number of piperazine rings is 1. The largest absolute Gasteiger partial charge is 0.319 e. The van der Waals surface area contributed by atoms with Gasteiger partial charge in [-0.1, -0.05) is 0 Å². The summed E-state index contributed by atoms with van der Waals surface area (Å²) >= 11 is 0. The molecule has 88 valence electrons. The van der Waals surface area contributed by atoms with Crippen LogP contribution in [0.25, 0.3) is 0 Å². The summed E-state index contributed by atoms with van der Waals surface area (Å²) in [6, 6.07) is 1.61. The van der Waals surface area contributed by atoms with Crippen LogP contribution in [-0.2, 0) is 0 Å². The maximum Gasteiger partial charge on any atom is 0.0198 e. The van der Waals surface area contributed by atoms with E-state index in [0.29, 0.717) is 0 Å². The monoisotopic (exact) mass is 211 g/mol. The van der Waals surface area contributed by atoms with Gasteiger partial charge < -0.3 is 10.2 Å². The molecular formula is C12H25N3. The summed E-state index contributed by atoms with van der Waals surface area (Å²) in [6.45, 7) is 7.33. The Morgan fingerprint density at radius 1 is 1.27 bits per heavy atom. The van der Waals surface area contributed by atoms with Crippen LogP contribution in [0.5, 0.6) is 0 Å². The molecule has 0 aromatic carbocycles. The van der Waals surface area contributed by atoms with E-state index in [9.17, 15) is 0 Å². The number of rotatable bonds is 3. The minimum Gasteiger partial charge on any atom is -0.319 e. The zero-order chi connectivity index (χ0) is 10.8. The summed E-state index contributed by atoms with van der Waals surface area (Å²) in [4.78, 5) is 5.19. The lowest BCUT2D eigenvalue weighted by molar-refractivity contribution is -0.00650. The molecule has 15 heavy (non-hydrogen) atoms. The first-order valence-corrected chi connectivity index (χ1v) is 6.31. The first kappa shape index (κ1) is 11.4. The van der Waals surface area contributed by atoms with Crippen molar-refractivity contribution in [3.63, 3.8) is 0 Å². The van der Waals surface area contributed by atoms with Crippen LogP contribution >= 0.6 is 0 Å². The molecular weight excluding hydrogens is 186 g/mol. The molecule has 0 aromatic heterocycles. The Hall–Kier alpha value is -0.120. The average Bonchev–Trinajstić information content (AvgIpc) is 2.17. The van der Waals surface area contributed by atoms with Gasteiger partial charge in [0.15, 0.2) is 0 Å². The first-order valence-electron chi connectivity index (χ1n) is 6.31. The SMILES string of the molecule is CNCC1CCC1N1CCN(C)CC1C. The van der Waals surface area contributed by atoms with E-state index in [2.05, 4.69) is 36.1 Å². The van der Waals surface area contributed by atoms with Crippen LogP contribution in [0.2, 0.25) is 0 Å². The normalized spacial score (nSPS) is 39.0. The standard InChI is InChI=1S/C12H25N3/c1-10-9-14(3)6-7-15(10)12-5-4-11(12)8-13-2/h10-13H,4-9H2,1-3H3. The number of nitrogens with one attached hydrogen (secondary N) is 1. The summed E-state index contributed by atoms with van der Waals surface area (Å²) in [7, 11) is 4.31. The van der Waals surface area contributed by atoms with Gasteiger partial charge >= 0.3 is 0 Å². The van der Waals surface area contributed by atoms with Crippen LogP contribution in [0.3, 0.4) is 0 Å². The number of hydrogen-bond acceptors (Lipinski definition) is 3. The molecule has 1 heterocycles. The van der Waals surface area contributed by atoms with Crippen LogP contribution in [0.4, 0.5) is 0 Å². The molecule has 0 bridgehead atoms. The predicted molar refractivity (Wildman–Crippen MR) is 64.1 cm³/mol. The molecule has 0 amide bonds. The van der Waals surface area contributed by atoms with Crippen LogP contribution in [0.15, 0.2) is 0 Å². The highest BCUT2D eigenvalue weighted by molar-refractivity contribution is 4.93. The van der Waals surface area contributed by atoms with Crippen molar-refractivity contribution in [1.82, 2.24) is 15.1 Å². The second-order valence-electron chi connectivity index (χ2n) is 5.31. The number of nitrogens with zero attached hydrogens (tertiary/aromatic N) is 2. The first-order chi connectivity index (χ1) is 7.22. The molecule has 1 saturated carbocycles. The Bertz CT molecular complexity index is 207. The third-order valence-electron chi connectivity index (χ3n) is 4.15. The molecule has 1 saturated heterocycles. The van der Waals surface area contributed by atoms with Gasteiger partial charge in [0.1, 0.15) is 0 Å². The highest BCUT2D eigenvalue weighted by Gasteiger charge is 2.38. The maximum absolute atomic E-state index is 3.33. The molecule has 1 aliphatic heterocycles. The highest BCUT2D eigenvalue weighted by atomic mass is 15.3. The smallest absolute Gasteiger partial charge is 0.0198 e. The minimum atomic E-state index is 0.744. The highest BCUT2D eigenvalue weighted by Crippen LogP contribution is 2.33. The minimum absolute atomic E-state index is 0.744. The number of hydrogen-bond donors (Lipinski definition) is 1. The van der Waals surface area contributed by atoms with Crippen molar-refractivity contribution in [2.45, 2.75) is 31.8 Å². The molecule has 0 aromatic rings. The van der Waals surface area contributed by atoms with Crippen molar-refractivity contribution in [2.75, 3.05) is 40.3 Å². The van der Waals surface area contributed by atoms with Gasteiger partial charge in [-0.3, -0.25) is 4.90 Å². The van der Waals surface area contributed by atoms with E-state index in [1.165, 1.54) is 39.0 Å². The van der Waals surface area contributed by atoms with Gasteiger partial charge in [-0.05, 0) is 46.3 Å². The Balaban J connectivity index is 1.87. The molecule has 0 radical (unpaired) electrons. The maximum atomic E-state index is 3.33. The van der Waals surface area contributed by atoms with Crippen LogP contribution in [0.1, 0.15) is 19.8 Å². The Labute approximate surface area is 93.8 Å². The van der Waals surface area contributed by atoms with Crippen molar-refractivity contribution >= 4 is 0 Å². The predicted octanol–water partition coefficient (Wildman–Crippen LogP) is 0.620. The second kappa shape index (κ2) is 4.81. The van der Waals surface area contributed by atoms with Crippen LogP contribution < -0.4 is 5.32 Å². The number of likely N-dealkylation sites (N-methyl/N-ethyl adjacent to an activating group) is 1. The zero-order valence-corrected chi connectivity index (χ0v) is 10.4. The molecule has 2 aliphatic rings.